The van der Waals surface area contributed by atoms with Crippen molar-refractivity contribution in [1.82, 2.24) is 9.97 Å². The first-order valence-electron chi connectivity index (χ1n) is 7.96. The smallest absolute Gasteiger partial charge is 0.222 e. The Morgan fingerprint density at radius 3 is 2.48 bits per heavy atom. The minimum Gasteiger partial charge on any atom is -0.457 e. The first-order valence-corrected chi connectivity index (χ1v) is 7.96. The fraction of sp³-hybridized carbons (Fsp3) is 0.0526. The average molecular weight is 360 g/mol. The van der Waals surface area contributed by atoms with Crippen molar-refractivity contribution in [3.63, 3.8) is 0 Å². The van der Waals surface area contributed by atoms with E-state index in [-0.39, 0.29) is 23.2 Å². The summed E-state index contributed by atoms with van der Waals surface area (Å²) in [5.41, 5.74) is 13.1. The Morgan fingerprint density at radius 2 is 1.81 bits per heavy atom. The third kappa shape index (κ3) is 3.93. The van der Waals surface area contributed by atoms with Crippen LogP contribution in [-0.4, -0.2) is 15.9 Å². The van der Waals surface area contributed by atoms with Crippen molar-refractivity contribution >= 4 is 23.4 Å². The van der Waals surface area contributed by atoms with Crippen molar-refractivity contribution < 1.29 is 9.53 Å². The Bertz CT molecular complexity index is 1040. The Hall–Kier alpha value is -4.12. The largest absolute Gasteiger partial charge is 0.457 e. The third-order valence-electron chi connectivity index (χ3n) is 3.61. The number of hydrogen-bond acceptors (Lipinski definition) is 7. The first kappa shape index (κ1) is 17.7. The summed E-state index contributed by atoms with van der Waals surface area (Å²) in [6.45, 7) is 1.44. The van der Waals surface area contributed by atoms with Gasteiger partial charge in [-0.25, -0.2) is 4.98 Å². The van der Waals surface area contributed by atoms with Crippen LogP contribution in [0.1, 0.15) is 12.5 Å². The molecule has 8 nitrogen and oxygen atoms in total. The molecule has 0 aliphatic heterocycles. The molecule has 8 heteroatoms. The van der Waals surface area contributed by atoms with Crippen LogP contribution in [0.25, 0.3) is 11.3 Å². The first-order chi connectivity index (χ1) is 13.0. The molecule has 1 aromatic heterocycles. The highest BCUT2D eigenvalue weighted by Gasteiger charge is 2.17. The normalized spacial score (nSPS) is 10.1. The summed E-state index contributed by atoms with van der Waals surface area (Å²) in [4.78, 5) is 19.1. The van der Waals surface area contributed by atoms with Gasteiger partial charge < -0.3 is 21.5 Å². The summed E-state index contributed by atoms with van der Waals surface area (Å²) >= 11 is 0. The molecule has 1 heterocycles. The van der Waals surface area contributed by atoms with Crippen LogP contribution in [0.3, 0.4) is 0 Å². The quantitative estimate of drug-likeness (QED) is 0.649. The maximum Gasteiger partial charge on any atom is 0.222 e. The van der Waals surface area contributed by atoms with E-state index in [1.165, 1.54) is 6.92 Å². The fourth-order valence-electron chi connectivity index (χ4n) is 2.49. The molecule has 0 saturated carbocycles. The number of nitrogens with one attached hydrogen (secondary N) is 1. The van der Waals surface area contributed by atoms with Gasteiger partial charge in [-0.05, 0) is 36.4 Å². The highest BCUT2D eigenvalue weighted by Crippen LogP contribution is 2.35. The fourth-order valence-corrected chi connectivity index (χ4v) is 2.49. The Morgan fingerprint density at radius 1 is 1.11 bits per heavy atom. The molecule has 1 amide bonds. The molecule has 0 aliphatic rings. The number of nitriles is 1. The number of benzene rings is 2. The number of rotatable bonds is 4. The number of para-hydroxylation sites is 1. The molecule has 0 bridgehead atoms. The molecule has 2 aromatic carbocycles. The summed E-state index contributed by atoms with van der Waals surface area (Å²) in [6, 6.07) is 16.0. The monoisotopic (exact) mass is 360 g/mol. The van der Waals surface area contributed by atoms with Crippen LogP contribution < -0.4 is 21.5 Å². The summed E-state index contributed by atoms with van der Waals surface area (Å²) in [5.74, 6) is 0.839. The Labute approximate surface area is 155 Å². The van der Waals surface area contributed by atoms with E-state index < -0.39 is 0 Å². The summed E-state index contributed by atoms with van der Waals surface area (Å²) < 4.78 is 5.94. The molecule has 5 N–H and O–H groups in total. The molecular formula is C19H16N6O2. The van der Waals surface area contributed by atoms with E-state index in [9.17, 15) is 10.1 Å². The van der Waals surface area contributed by atoms with Gasteiger partial charge in [0.1, 0.15) is 28.9 Å². The van der Waals surface area contributed by atoms with E-state index in [0.717, 1.165) is 0 Å². The van der Waals surface area contributed by atoms with Gasteiger partial charge in [-0.1, -0.05) is 12.1 Å². The molecule has 0 radical (unpaired) electrons. The van der Waals surface area contributed by atoms with Gasteiger partial charge in [0, 0.05) is 18.2 Å². The predicted octanol–water partition coefficient (Wildman–Crippen LogP) is 2.93. The van der Waals surface area contributed by atoms with E-state index in [1.54, 1.807) is 48.5 Å². The van der Waals surface area contributed by atoms with E-state index >= 15 is 0 Å². The lowest BCUT2D eigenvalue weighted by molar-refractivity contribution is -0.114. The van der Waals surface area contributed by atoms with Crippen molar-refractivity contribution in [1.29, 1.82) is 5.26 Å². The molecule has 0 fully saturated rings. The highest BCUT2D eigenvalue weighted by molar-refractivity contribution is 5.88. The SMILES string of the molecule is CC(=O)Nc1ccc(Oc2ccccc2-c2nc(N)nc(N)c2C#N)cc1. The number of ether oxygens (including phenoxy) is 1. The van der Waals surface area contributed by atoms with Crippen molar-refractivity contribution in [3.05, 3.63) is 54.1 Å². The number of carbonyl (C=O) groups excluding carboxylic acids is 1. The van der Waals surface area contributed by atoms with Gasteiger partial charge in [0.05, 0.1) is 5.69 Å². The second-order valence-electron chi connectivity index (χ2n) is 5.61. The van der Waals surface area contributed by atoms with Crippen LogP contribution in [0.15, 0.2) is 48.5 Å². The zero-order chi connectivity index (χ0) is 19.4. The molecule has 0 atom stereocenters. The molecule has 0 aliphatic carbocycles. The maximum atomic E-state index is 11.1. The van der Waals surface area contributed by atoms with Gasteiger partial charge in [-0.15, -0.1) is 0 Å². The number of nitrogens with zero attached hydrogens (tertiary/aromatic N) is 3. The van der Waals surface area contributed by atoms with Crippen LogP contribution in [0.4, 0.5) is 17.5 Å². The number of nitrogen functional groups attached to an aromatic ring is 2. The van der Waals surface area contributed by atoms with Crippen LogP contribution in [-0.2, 0) is 4.79 Å². The Balaban J connectivity index is 1.99. The van der Waals surface area contributed by atoms with Crippen LogP contribution in [0.5, 0.6) is 11.5 Å². The lowest BCUT2D eigenvalue weighted by Crippen LogP contribution is -2.05. The molecule has 3 rings (SSSR count). The number of hydrogen-bond donors (Lipinski definition) is 3. The lowest BCUT2D eigenvalue weighted by Gasteiger charge is -2.13. The number of nitrogens with two attached hydrogens (primary N) is 2. The molecule has 0 unspecified atom stereocenters. The molecule has 0 spiro atoms. The minimum absolute atomic E-state index is 0.00876. The lowest BCUT2D eigenvalue weighted by atomic mass is 10.1. The minimum atomic E-state index is -0.156. The van der Waals surface area contributed by atoms with Crippen LogP contribution in [0, 0.1) is 11.3 Å². The summed E-state index contributed by atoms with van der Waals surface area (Å²) in [6.07, 6.45) is 0. The van der Waals surface area contributed by atoms with Crippen LogP contribution in [0.2, 0.25) is 0 Å². The third-order valence-corrected chi connectivity index (χ3v) is 3.61. The number of anilines is 3. The molecule has 3 aromatic rings. The van der Waals surface area contributed by atoms with E-state index in [0.29, 0.717) is 28.4 Å². The van der Waals surface area contributed by atoms with Crippen molar-refractivity contribution in [2.24, 2.45) is 0 Å². The van der Waals surface area contributed by atoms with Gasteiger partial charge in [0.25, 0.3) is 0 Å². The number of amides is 1. The van der Waals surface area contributed by atoms with Gasteiger partial charge >= 0.3 is 0 Å². The Kier molecular flexibility index (Phi) is 4.86. The standard InChI is InChI=1S/C19H16N6O2/c1-11(26)23-12-6-8-13(9-7-12)27-16-5-3-2-4-14(16)17-15(10-20)18(21)25-19(22)24-17/h2-9H,1H3,(H,23,26)(H4,21,22,24,25). The predicted molar refractivity (Wildman–Crippen MR) is 102 cm³/mol. The number of carbonyl (C=O) groups is 1. The molecular weight excluding hydrogens is 344 g/mol. The van der Waals surface area contributed by atoms with Crippen molar-refractivity contribution in [2.75, 3.05) is 16.8 Å². The second kappa shape index (κ2) is 7.41. The molecule has 0 saturated heterocycles. The maximum absolute atomic E-state index is 11.1. The van der Waals surface area contributed by atoms with Gasteiger partial charge in [0.2, 0.25) is 11.9 Å². The summed E-state index contributed by atoms with van der Waals surface area (Å²) in [7, 11) is 0. The molecule has 134 valence electrons. The van der Waals surface area contributed by atoms with Crippen molar-refractivity contribution in [2.45, 2.75) is 6.92 Å². The molecule has 27 heavy (non-hydrogen) atoms. The van der Waals surface area contributed by atoms with Gasteiger partial charge in [0.15, 0.2) is 0 Å². The van der Waals surface area contributed by atoms with Crippen molar-refractivity contribution in [3.8, 4) is 28.8 Å². The van der Waals surface area contributed by atoms with Crippen LogP contribution >= 0.6 is 0 Å². The zero-order valence-corrected chi connectivity index (χ0v) is 14.4. The topological polar surface area (TPSA) is 140 Å². The summed E-state index contributed by atoms with van der Waals surface area (Å²) in [5, 5.41) is 12.1. The van der Waals surface area contributed by atoms with Gasteiger partial charge in [-0.3, -0.25) is 4.79 Å². The second-order valence-corrected chi connectivity index (χ2v) is 5.61. The van der Waals surface area contributed by atoms with E-state index in [2.05, 4.69) is 15.3 Å². The van der Waals surface area contributed by atoms with E-state index in [1.807, 2.05) is 6.07 Å². The van der Waals surface area contributed by atoms with E-state index in [4.69, 9.17) is 16.2 Å². The average Bonchev–Trinajstić information content (AvgIpc) is 2.63. The number of aromatic nitrogens is 2. The zero-order valence-electron chi connectivity index (χ0n) is 14.4. The highest BCUT2D eigenvalue weighted by atomic mass is 16.5. The van der Waals surface area contributed by atoms with Gasteiger partial charge in [-0.2, -0.15) is 10.2 Å².